The van der Waals surface area contributed by atoms with Crippen LogP contribution in [0.25, 0.3) is 0 Å². The van der Waals surface area contributed by atoms with E-state index in [9.17, 15) is 5.11 Å². The van der Waals surface area contributed by atoms with E-state index in [1.165, 1.54) is 83.5 Å². The Morgan fingerprint density at radius 1 is 0.800 bits per heavy atom. The van der Waals surface area contributed by atoms with E-state index in [0.29, 0.717) is 13.2 Å². The summed E-state index contributed by atoms with van der Waals surface area (Å²) < 4.78 is 10.9. The van der Waals surface area contributed by atoms with Gasteiger partial charge in [0.25, 0.3) is 0 Å². The van der Waals surface area contributed by atoms with E-state index in [2.05, 4.69) is 19.1 Å². The molecule has 0 radical (unpaired) electrons. The minimum atomic E-state index is -0.373. The lowest BCUT2D eigenvalue weighted by Crippen LogP contribution is -2.54. The van der Waals surface area contributed by atoms with Crippen LogP contribution in [-0.2, 0) is 9.47 Å². The summed E-state index contributed by atoms with van der Waals surface area (Å²) in [6, 6.07) is 0. The number of hydrogen-bond acceptors (Lipinski definition) is 3. The average Bonchev–Trinajstić information content (AvgIpc) is 2.59. The fourth-order valence-corrected chi connectivity index (χ4v) is 3.19. The summed E-state index contributed by atoms with van der Waals surface area (Å²) in [7, 11) is 0. The van der Waals surface area contributed by atoms with Gasteiger partial charge in [-0.15, -0.1) is 0 Å². The second-order valence-electron chi connectivity index (χ2n) is 7.62. The lowest BCUT2D eigenvalue weighted by molar-refractivity contribution is -0.225. The fraction of sp³-hybridized carbons (Fsp3) is 0.909. The van der Waals surface area contributed by atoms with Gasteiger partial charge in [-0.2, -0.15) is 0 Å². The highest BCUT2D eigenvalue weighted by Gasteiger charge is 2.38. The van der Waals surface area contributed by atoms with Gasteiger partial charge >= 0.3 is 0 Å². The molecule has 1 rings (SSSR count). The number of ether oxygens (including phenoxy) is 2. The Morgan fingerprint density at radius 2 is 1.32 bits per heavy atom. The molecule has 1 fully saturated rings. The summed E-state index contributed by atoms with van der Waals surface area (Å²) in [5.41, 5.74) is -0.373. The van der Waals surface area contributed by atoms with Gasteiger partial charge in [-0.1, -0.05) is 76.9 Å². The number of rotatable bonds is 18. The molecule has 1 aliphatic heterocycles. The van der Waals surface area contributed by atoms with Crippen molar-refractivity contribution < 1.29 is 14.6 Å². The summed E-state index contributed by atoms with van der Waals surface area (Å²) in [6.07, 6.45) is 23.3. The first-order valence-corrected chi connectivity index (χ1v) is 10.8. The Balaban J connectivity index is 1.73. The van der Waals surface area contributed by atoms with E-state index in [4.69, 9.17) is 9.47 Å². The van der Waals surface area contributed by atoms with Crippen molar-refractivity contribution in [3.05, 3.63) is 12.2 Å². The highest BCUT2D eigenvalue weighted by molar-refractivity contribution is 4.86. The molecule has 0 atom stereocenters. The molecule has 1 aliphatic rings. The molecule has 1 saturated heterocycles. The van der Waals surface area contributed by atoms with Gasteiger partial charge in [0, 0.05) is 6.61 Å². The molecule has 0 unspecified atom stereocenters. The Kier molecular flexibility index (Phi) is 14.4. The molecule has 0 aromatic heterocycles. The van der Waals surface area contributed by atoms with Crippen LogP contribution in [0.3, 0.4) is 0 Å². The van der Waals surface area contributed by atoms with Crippen LogP contribution in [0.15, 0.2) is 12.2 Å². The van der Waals surface area contributed by atoms with E-state index in [1.807, 2.05) is 0 Å². The van der Waals surface area contributed by atoms with E-state index < -0.39 is 0 Å². The van der Waals surface area contributed by atoms with Crippen LogP contribution < -0.4 is 0 Å². The molecule has 0 amide bonds. The Bertz CT molecular complexity index is 305. The Hall–Kier alpha value is -0.380. The van der Waals surface area contributed by atoms with Gasteiger partial charge in [-0.3, -0.25) is 0 Å². The van der Waals surface area contributed by atoms with Crippen LogP contribution in [0.5, 0.6) is 0 Å². The number of unbranched alkanes of at least 4 members (excludes halogenated alkanes) is 12. The summed E-state index contributed by atoms with van der Waals surface area (Å²) >= 11 is 0. The van der Waals surface area contributed by atoms with Crippen molar-refractivity contribution in [3.8, 4) is 0 Å². The molecule has 3 heteroatoms. The monoisotopic (exact) mass is 354 g/mol. The van der Waals surface area contributed by atoms with Crippen LogP contribution in [0.1, 0.15) is 96.8 Å². The molecule has 0 spiro atoms. The molecule has 0 aromatic carbocycles. The highest BCUT2D eigenvalue weighted by Crippen LogP contribution is 2.21. The van der Waals surface area contributed by atoms with E-state index in [1.54, 1.807) is 0 Å². The van der Waals surface area contributed by atoms with Gasteiger partial charge < -0.3 is 14.6 Å². The molecule has 0 aromatic rings. The Morgan fingerprint density at radius 3 is 1.80 bits per heavy atom. The highest BCUT2D eigenvalue weighted by atomic mass is 16.6. The summed E-state index contributed by atoms with van der Waals surface area (Å²) in [5, 5.41) is 9.26. The molecule has 148 valence electrons. The SMILES string of the molecule is CCCCCCCCC=CCCCCCCCCOC1(CO)COC1. The number of aliphatic hydroxyl groups excluding tert-OH is 1. The zero-order chi connectivity index (χ0) is 18.1. The van der Waals surface area contributed by atoms with Gasteiger partial charge in [-0.25, -0.2) is 0 Å². The minimum absolute atomic E-state index is 0.0827. The molecule has 25 heavy (non-hydrogen) atoms. The van der Waals surface area contributed by atoms with Crippen molar-refractivity contribution in [1.29, 1.82) is 0 Å². The van der Waals surface area contributed by atoms with E-state index >= 15 is 0 Å². The second-order valence-corrected chi connectivity index (χ2v) is 7.62. The molecule has 3 nitrogen and oxygen atoms in total. The van der Waals surface area contributed by atoms with Crippen molar-refractivity contribution in [3.63, 3.8) is 0 Å². The lowest BCUT2D eigenvalue weighted by atomic mass is 10.0. The van der Waals surface area contributed by atoms with Gasteiger partial charge in [-0.05, 0) is 32.1 Å². The van der Waals surface area contributed by atoms with E-state index in [-0.39, 0.29) is 12.2 Å². The topological polar surface area (TPSA) is 38.7 Å². The Labute approximate surface area is 156 Å². The van der Waals surface area contributed by atoms with E-state index in [0.717, 1.165) is 13.0 Å². The molecule has 1 N–H and O–H groups in total. The maximum absolute atomic E-state index is 9.26. The smallest absolute Gasteiger partial charge is 0.137 e. The fourth-order valence-electron chi connectivity index (χ4n) is 3.19. The van der Waals surface area contributed by atoms with Crippen molar-refractivity contribution in [2.45, 2.75) is 102 Å². The molecule has 0 bridgehead atoms. The number of aliphatic hydroxyl groups is 1. The van der Waals surface area contributed by atoms with Gasteiger partial charge in [0.1, 0.15) is 5.60 Å². The first-order valence-electron chi connectivity index (χ1n) is 10.8. The molecule has 1 heterocycles. The van der Waals surface area contributed by atoms with Crippen LogP contribution >= 0.6 is 0 Å². The summed E-state index contributed by atoms with van der Waals surface area (Å²) in [5.74, 6) is 0. The van der Waals surface area contributed by atoms with Crippen LogP contribution in [0, 0.1) is 0 Å². The summed E-state index contributed by atoms with van der Waals surface area (Å²) in [4.78, 5) is 0. The normalized spacial score (nSPS) is 16.4. The third-order valence-corrected chi connectivity index (χ3v) is 5.08. The predicted molar refractivity (Wildman–Crippen MR) is 106 cm³/mol. The van der Waals surface area contributed by atoms with Crippen LogP contribution in [0.2, 0.25) is 0 Å². The number of hydrogen-bond donors (Lipinski definition) is 1. The van der Waals surface area contributed by atoms with Crippen LogP contribution in [-0.4, -0.2) is 37.1 Å². The molecular formula is C22H42O3. The van der Waals surface area contributed by atoms with Crippen molar-refractivity contribution in [2.24, 2.45) is 0 Å². The first-order chi connectivity index (χ1) is 12.3. The van der Waals surface area contributed by atoms with Gasteiger partial charge in [0.2, 0.25) is 0 Å². The van der Waals surface area contributed by atoms with Gasteiger partial charge in [0.05, 0.1) is 19.8 Å². The zero-order valence-corrected chi connectivity index (χ0v) is 16.6. The average molecular weight is 355 g/mol. The quantitative estimate of drug-likeness (QED) is 0.250. The zero-order valence-electron chi connectivity index (χ0n) is 16.6. The maximum Gasteiger partial charge on any atom is 0.137 e. The largest absolute Gasteiger partial charge is 0.393 e. The molecular weight excluding hydrogens is 312 g/mol. The van der Waals surface area contributed by atoms with Crippen molar-refractivity contribution >= 4 is 0 Å². The number of allylic oxidation sites excluding steroid dienone is 2. The third-order valence-electron chi connectivity index (χ3n) is 5.08. The first kappa shape index (κ1) is 22.7. The van der Waals surface area contributed by atoms with Gasteiger partial charge in [0.15, 0.2) is 0 Å². The maximum atomic E-state index is 9.26. The third kappa shape index (κ3) is 11.8. The van der Waals surface area contributed by atoms with Crippen molar-refractivity contribution in [2.75, 3.05) is 26.4 Å². The van der Waals surface area contributed by atoms with Crippen molar-refractivity contribution in [1.82, 2.24) is 0 Å². The molecule has 0 saturated carbocycles. The minimum Gasteiger partial charge on any atom is -0.393 e. The molecule has 0 aliphatic carbocycles. The second kappa shape index (κ2) is 15.8. The van der Waals surface area contributed by atoms with Crippen LogP contribution in [0.4, 0.5) is 0 Å². The lowest BCUT2D eigenvalue weighted by Gasteiger charge is -2.39. The standard InChI is InChI=1S/C22H42O3/c1-2-3-4-5-6-7-8-9-10-11-12-13-14-15-16-17-18-25-22(19-23)20-24-21-22/h9-10,23H,2-8,11-21H2,1H3. The predicted octanol–water partition coefficient (Wildman–Crippen LogP) is 5.80. The summed E-state index contributed by atoms with van der Waals surface area (Å²) in [6.45, 7) is 4.21.